The highest BCUT2D eigenvalue weighted by molar-refractivity contribution is 6.08. The number of carbonyl (C=O) groups is 2. The van der Waals surface area contributed by atoms with E-state index in [0.717, 1.165) is 18.4 Å². The van der Waals surface area contributed by atoms with E-state index in [-0.39, 0.29) is 18.5 Å². The quantitative estimate of drug-likeness (QED) is 0.615. The minimum atomic E-state index is -0.567. The number of urea groups is 1. The molecule has 0 spiro atoms. The zero-order valence-corrected chi connectivity index (χ0v) is 15.7. The average molecular weight is 374 g/mol. The SMILES string of the molecule is CCCN1C(=O)C2NC(c3ccc(NCCO)nc3)=NC2N(CCC)C1=O. The fourth-order valence-corrected chi connectivity index (χ4v) is 3.31. The van der Waals surface area contributed by atoms with E-state index in [1.54, 1.807) is 17.2 Å². The van der Waals surface area contributed by atoms with Crippen molar-refractivity contribution in [3.63, 3.8) is 0 Å². The molecule has 3 N–H and O–H groups in total. The molecule has 2 aliphatic heterocycles. The van der Waals surface area contributed by atoms with Gasteiger partial charge in [0.2, 0.25) is 0 Å². The molecular weight excluding hydrogens is 348 g/mol. The molecule has 2 atom stereocenters. The lowest BCUT2D eigenvalue weighted by atomic mass is 10.1. The van der Waals surface area contributed by atoms with Gasteiger partial charge in [0.05, 0.1) is 6.61 Å². The van der Waals surface area contributed by atoms with Crippen LogP contribution in [0.5, 0.6) is 0 Å². The Morgan fingerprint density at radius 2 is 2.00 bits per heavy atom. The summed E-state index contributed by atoms with van der Waals surface area (Å²) >= 11 is 0. The van der Waals surface area contributed by atoms with Crippen LogP contribution in [0.1, 0.15) is 32.3 Å². The van der Waals surface area contributed by atoms with Crippen LogP contribution in [0.3, 0.4) is 0 Å². The molecule has 2 aliphatic rings. The van der Waals surface area contributed by atoms with Crippen molar-refractivity contribution in [2.24, 2.45) is 4.99 Å². The first-order valence-electron chi connectivity index (χ1n) is 9.38. The van der Waals surface area contributed by atoms with Gasteiger partial charge in [-0.2, -0.15) is 0 Å². The second-order valence-electron chi connectivity index (χ2n) is 6.56. The van der Waals surface area contributed by atoms with E-state index >= 15 is 0 Å². The van der Waals surface area contributed by atoms with Crippen LogP contribution in [0.25, 0.3) is 0 Å². The summed E-state index contributed by atoms with van der Waals surface area (Å²) < 4.78 is 0. The minimum absolute atomic E-state index is 0.0265. The lowest BCUT2D eigenvalue weighted by molar-refractivity contribution is -0.134. The summed E-state index contributed by atoms with van der Waals surface area (Å²) in [6.07, 6.45) is 2.64. The van der Waals surface area contributed by atoms with E-state index in [2.05, 4.69) is 20.6 Å². The number of fused-ring (bicyclic) bond motifs is 1. The summed E-state index contributed by atoms with van der Waals surface area (Å²) in [5, 5.41) is 15.0. The van der Waals surface area contributed by atoms with Crippen LogP contribution >= 0.6 is 0 Å². The highest BCUT2D eigenvalue weighted by Crippen LogP contribution is 2.25. The molecule has 9 nitrogen and oxygen atoms in total. The van der Waals surface area contributed by atoms with Gasteiger partial charge in [-0.15, -0.1) is 0 Å². The van der Waals surface area contributed by atoms with Crippen LogP contribution in [0.4, 0.5) is 10.6 Å². The number of amides is 3. The molecule has 0 aromatic carbocycles. The Balaban J connectivity index is 1.83. The summed E-state index contributed by atoms with van der Waals surface area (Å²) in [5.74, 6) is 0.982. The predicted molar refractivity (Wildman–Crippen MR) is 101 cm³/mol. The number of pyridine rings is 1. The van der Waals surface area contributed by atoms with Crippen molar-refractivity contribution in [2.45, 2.75) is 38.9 Å². The number of rotatable bonds is 8. The molecule has 3 amide bonds. The molecule has 146 valence electrons. The average Bonchev–Trinajstić information content (AvgIpc) is 3.13. The molecule has 2 unspecified atom stereocenters. The highest BCUT2D eigenvalue weighted by Gasteiger charge is 2.49. The molecular formula is C18H26N6O3. The van der Waals surface area contributed by atoms with E-state index < -0.39 is 12.2 Å². The molecule has 3 rings (SSSR count). The molecule has 1 aromatic rings. The second kappa shape index (κ2) is 8.34. The van der Waals surface area contributed by atoms with Crippen LogP contribution in [0.15, 0.2) is 23.3 Å². The van der Waals surface area contributed by atoms with E-state index in [0.29, 0.717) is 31.3 Å². The summed E-state index contributed by atoms with van der Waals surface area (Å²) in [6, 6.07) is 2.80. The lowest BCUT2D eigenvalue weighted by Gasteiger charge is -2.40. The van der Waals surface area contributed by atoms with E-state index in [1.807, 2.05) is 19.9 Å². The number of anilines is 1. The zero-order valence-electron chi connectivity index (χ0n) is 15.7. The predicted octanol–water partition coefficient (Wildman–Crippen LogP) is 0.615. The van der Waals surface area contributed by atoms with Gasteiger partial charge in [0.25, 0.3) is 5.91 Å². The second-order valence-corrected chi connectivity index (χ2v) is 6.56. The number of carbonyl (C=O) groups excluding carboxylic acids is 2. The largest absolute Gasteiger partial charge is 0.395 e. The Kier molecular flexibility index (Phi) is 5.90. The Morgan fingerprint density at radius 3 is 2.63 bits per heavy atom. The Bertz CT molecular complexity index is 720. The molecule has 0 radical (unpaired) electrons. The first-order chi connectivity index (χ1) is 13.1. The molecule has 27 heavy (non-hydrogen) atoms. The number of aliphatic hydroxyl groups is 1. The van der Waals surface area contributed by atoms with Crippen molar-refractivity contribution < 1.29 is 14.7 Å². The Morgan fingerprint density at radius 1 is 1.22 bits per heavy atom. The van der Waals surface area contributed by atoms with Crippen LogP contribution < -0.4 is 10.6 Å². The van der Waals surface area contributed by atoms with E-state index in [4.69, 9.17) is 5.11 Å². The topological polar surface area (TPSA) is 110 Å². The fourth-order valence-electron chi connectivity index (χ4n) is 3.31. The number of amidine groups is 1. The van der Waals surface area contributed by atoms with Gasteiger partial charge < -0.3 is 15.7 Å². The highest BCUT2D eigenvalue weighted by atomic mass is 16.3. The fraction of sp³-hybridized carbons (Fsp3) is 0.556. The monoisotopic (exact) mass is 374 g/mol. The molecule has 1 fully saturated rings. The number of aliphatic hydroxyl groups excluding tert-OH is 1. The standard InChI is InChI=1S/C18H26N6O3/c1-3-8-23-16-14(17(26)24(9-4-2)18(23)27)21-15(22-16)12-5-6-13(20-11-12)19-7-10-25/h5-6,11,14,16,25H,3-4,7-10H2,1-2H3,(H,19,20)(H,21,22). The van der Waals surface area contributed by atoms with E-state index in [9.17, 15) is 9.59 Å². The smallest absolute Gasteiger partial charge is 0.328 e. The first kappa shape index (κ1) is 19.1. The van der Waals surface area contributed by atoms with Crippen molar-refractivity contribution in [3.8, 4) is 0 Å². The molecule has 0 aliphatic carbocycles. The number of nitrogens with one attached hydrogen (secondary N) is 2. The number of imide groups is 1. The molecule has 0 bridgehead atoms. The van der Waals surface area contributed by atoms with Crippen molar-refractivity contribution in [1.82, 2.24) is 20.1 Å². The Labute approximate surface area is 158 Å². The molecule has 1 saturated heterocycles. The minimum Gasteiger partial charge on any atom is -0.395 e. The van der Waals surface area contributed by atoms with Crippen molar-refractivity contribution in [3.05, 3.63) is 23.9 Å². The van der Waals surface area contributed by atoms with Gasteiger partial charge in [0.15, 0.2) is 6.17 Å². The van der Waals surface area contributed by atoms with Crippen molar-refractivity contribution in [1.29, 1.82) is 0 Å². The van der Waals surface area contributed by atoms with E-state index in [1.165, 1.54) is 4.90 Å². The first-order valence-corrected chi connectivity index (χ1v) is 9.38. The van der Waals surface area contributed by atoms with Gasteiger partial charge in [0, 0.05) is 31.4 Å². The van der Waals surface area contributed by atoms with Gasteiger partial charge in [-0.3, -0.25) is 14.6 Å². The van der Waals surface area contributed by atoms with Gasteiger partial charge in [0.1, 0.15) is 17.7 Å². The van der Waals surface area contributed by atoms with Crippen LogP contribution in [0.2, 0.25) is 0 Å². The maximum Gasteiger partial charge on any atom is 0.328 e. The van der Waals surface area contributed by atoms with Gasteiger partial charge in [-0.1, -0.05) is 13.8 Å². The number of aromatic nitrogens is 1. The molecule has 1 aromatic heterocycles. The molecule has 3 heterocycles. The molecule has 9 heteroatoms. The van der Waals surface area contributed by atoms with Gasteiger partial charge in [-0.05, 0) is 25.0 Å². The number of nitrogens with zero attached hydrogens (tertiary/aromatic N) is 4. The zero-order chi connectivity index (χ0) is 19.4. The van der Waals surface area contributed by atoms with Crippen LogP contribution in [-0.4, -0.2) is 76.1 Å². The van der Waals surface area contributed by atoms with Crippen LogP contribution in [-0.2, 0) is 4.79 Å². The summed E-state index contributed by atoms with van der Waals surface area (Å²) in [5.41, 5.74) is 0.748. The van der Waals surface area contributed by atoms with Crippen molar-refractivity contribution >= 4 is 23.6 Å². The molecule has 0 saturated carbocycles. The summed E-state index contributed by atoms with van der Waals surface area (Å²) in [6.45, 7) is 5.35. The van der Waals surface area contributed by atoms with Crippen LogP contribution in [0, 0.1) is 0 Å². The third-order valence-corrected chi connectivity index (χ3v) is 4.55. The third kappa shape index (κ3) is 3.73. The summed E-state index contributed by atoms with van der Waals surface area (Å²) in [7, 11) is 0. The third-order valence-electron chi connectivity index (χ3n) is 4.55. The Hall–Kier alpha value is -2.68. The van der Waals surface area contributed by atoms with Gasteiger partial charge in [-0.25, -0.2) is 14.8 Å². The lowest BCUT2D eigenvalue weighted by Crippen LogP contribution is -2.65. The number of aliphatic imine (C=N–C) groups is 1. The number of hydrogen-bond acceptors (Lipinski definition) is 7. The summed E-state index contributed by atoms with van der Waals surface area (Å²) in [4.78, 5) is 37.5. The normalized spacial score (nSPS) is 21.8. The maximum absolute atomic E-state index is 12.8. The van der Waals surface area contributed by atoms with Crippen molar-refractivity contribution in [2.75, 3.05) is 31.6 Å². The number of hydrogen-bond donors (Lipinski definition) is 3. The maximum atomic E-state index is 12.8. The van der Waals surface area contributed by atoms with Gasteiger partial charge >= 0.3 is 6.03 Å².